The number of methoxy groups -OCH3 is 1. The number of ether oxygens (including phenoxy) is 1. The molecule has 0 fully saturated rings. The van der Waals surface area contributed by atoms with Gasteiger partial charge in [0.05, 0.1) is 19.3 Å². The molecule has 128 valence electrons. The van der Waals surface area contributed by atoms with Gasteiger partial charge in [0.2, 0.25) is 0 Å². The van der Waals surface area contributed by atoms with Gasteiger partial charge in [0.1, 0.15) is 5.75 Å². The lowest BCUT2D eigenvalue weighted by Crippen LogP contribution is -2.27. The Kier molecular flexibility index (Phi) is 5.83. The smallest absolute Gasteiger partial charge is 0.118 e. The molecule has 0 bridgehead atoms. The van der Waals surface area contributed by atoms with Gasteiger partial charge < -0.3 is 15.2 Å². The normalized spacial score (nSPS) is 13.2. The summed E-state index contributed by atoms with van der Waals surface area (Å²) in [4.78, 5) is 0. The molecule has 0 saturated heterocycles. The van der Waals surface area contributed by atoms with Crippen LogP contribution >= 0.6 is 0 Å². The highest BCUT2D eigenvalue weighted by Gasteiger charge is 2.22. The van der Waals surface area contributed by atoms with E-state index in [2.05, 4.69) is 17.4 Å². The minimum absolute atomic E-state index is 0.199. The van der Waals surface area contributed by atoms with E-state index in [-0.39, 0.29) is 6.04 Å². The summed E-state index contributed by atoms with van der Waals surface area (Å²) in [7, 11) is 1.64. The average Bonchev–Trinajstić information content (AvgIpc) is 2.69. The molecule has 2 N–H and O–H groups in total. The van der Waals surface area contributed by atoms with Crippen LogP contribution in [0.1, 0.15) is 28.8 Å². The Morgan fingerprint density at radius 2 is 1.40 bits per heavy atom. The molecule has 0 aromatic heterocycles. The number of hydrogen-bond donors (Lipinski definition) is 2. The molecule has 0 radical (unpaired) electrons. The molecular weight excluding hydrogens is 310 g/mol. The topological polar surface area (TPSA) is 41.5 Å². The van der Waals surface area contributed by atoms with Gasteiger partial charge in [-0.3, -0.25) is 0 Å². The molecule has 3 heteroatoms. The minimum atomic E-state index is -0.656. The molecule has 3 rings (SSSR count). The van der Waals surface area contributed by atoms with Crippen molar-refractivity contribution in [3.05, 3.63) is 102 Å². The van der Waals surface area contributed by atoms with Crippen LogP contribution in [0.15, 0.2) is 84.9 Å². The Hall–Kier alpha value is -2.62. The fourth-order valence-electron chi connectivity index (χ4n) is 2.89. The molecular formula is C22H23NO2. The summed E-state index contributed by atoms with van der Waals surface area (Å²) in [5.41, 5.74) is 3.10. The molecule has 25 heavy (non-hydrogen) atoms. The van der Waals surface area contributed by atoms with Crippen LogP contribution in [0.4, 0.5) is 0 Å². The summed E-state index contributed by atoms with van der Waals surface area (Å²) in [5.74, 6) is 0.782. The Balaban J connectivity index is 1.82. The first-order valence-corrected chi connectivity index (χ1v) is 8.42. The van der Waals surface area contributed by atoms with Crippen LogP contribution in [-0.4, -0.2) is 12.2 Å². The Morgan fingerprint density at radius 3 is 2.00 bits per heavy atom. The fourth-order valence-corrected chi connectivity index (χ4v) is 2.89. The molecule has 3 aromatic rings. The summed E-state index contributed by atoms with van der Waals surface area (Å²) in [6, 6.07) is 27.6. The van der Waals surface area contributed by atoms with Crippen LogP contribution in [0, 0.1) is 0 Å². The molecule has 0 amide bonds. The lowest BCUT2D eigenvalue weighted by atomic mass is 9.95. The van der Waals surface area contributed by atoms with Gasteiger partial charge in [-0.2, -0.15) is 0 Å². The third-order valence-corrected chi connectivity index (χ3v) is 4.30. The first-order chi connectivity index (χ1) is 12.3. The molecule has 2 atom stereocenters. The second-order valence-corrected chi connectivity index (χ2v) is 5.97. The highest BCUT2D eigenvalue weighted by atomic mass is 16.5. The molecule has 0 spiro atoms. The van der Waals surface area contributed by atoms with Crippen LogP contribution in [0.3, 0.4) is 0 Å². The number of nitrogens with one attached hydrogen (secondary N) is 1. The van der Waals surface area contributed by atoms with Gasteiger partial charge in [-0.1, -0.05) is 72.8 Å². The van der Waals surface area contributed by atoms with E-state index in [1.165, 1.54) is 5.56 Å². The third kappa shape index (κ3) is 4.47. The Labute approximate surface area is 148 Å². The highest BCUT2D eigenvalue weighted by molar-refractivity contribution is 5.31. The predicted molar refractivity (Wildman–Crippen MR) is 100 cm³/mol. The summed E-state index contributed by atoms with van der Waals surface area (Å²) in [6.45, 7) is 0.688. The maximum absolute atomic E-state index is 11.0. The van der Waals surface area contributed by atoms with Crippen molar-refractivity contribution < 1.29 is 9.84 Å². The molecule has 0 aliphatic rings. The second-order valence-electron chi connectivity index (χ2n) is 5.97. The first-order valence-electron chi connectivity index (χ1n) is 8.42. The largest absolute Gasteiger partial charge is 0.497 e. The molecule has 3 aromatic carbocycles. The SMILES string of the molecule is COc1ccc([C@@H](O)[C@H](NCc2ccccc2)c2ccccc2)cc1. The maximum Gasteiger partial charge on any atom is 0.118 e. The van der Waals surface area contributed by atoms with E-state index in [0.717, 1.165) is 16.9 Å². The Morgan fingerprint density at radius 1 is 0.800 bits per heavy atom. The van der Waals surface area contributed by atoms with Crippen molar-refractivity contribution in [2.45, 2.75) is 18.7 Å². The van der Waals surface area contributed by atoms with Crippen LogP contribution in [-0.2, 0) is 6.54 Å². The molecule has 0 aliphatic carbocycles. The Bertz CT molecular complexity index is 757. The number of rotatable bonds is 7. The van der Waals surface area contributed by atoms with E-state index in [4.69, 9.17) is 4.74 Å². The highest BCUT2D eigenvalue weighted by Crippen LogP contribution is 2.30. The first kappa shape index (κ1) is 17.2. The average molecular weight is 333 g/mol. The van der Waals surface area contributed by atoms with Crippen LogP contribution in [0.2, 0.25) is 0 Å². The molecule has 0 saturated carbocycles. The quantitative estimate of drug-likeness (QED) is 0.679. The number of aliphatic hydroxyl groups is 1. The number of aliphatic hydroxyl groups excluding tert-OH is 1. The van der Waals surface area contributed by atoms with Crippen molar-refractivity contribution in [1.29, 1.82) is 0 Å². The van der Waals surface area contributed by atoms with Gasteiger partial charge >= 0.3 is 0 Å². The maximum atomic E-state index is 11.0. The van der Waals surface area contributed by atoms with Crippen LogP contribution in [0.25, 0.3) is 0 Å². The molecule has 3 nitrogen and oxygen atoms in total. The lowest BCUT2D eigenvalue weighted by molar-refractivity contribution is 0.127. The van der Waals surface area contributed by atoms with Crippen molar-refractivity contribution in [2.24, 2.45) is 0 Å². The molecule has 0 heterocycles. The predicted octanol–water partition coefficient (Wildman–Crippen LogP) is 4.26. The zero-order valence-corrected chi connectivity index (χ0v) is 14.3. The van der Waals surface area contributed by atoms with E-state index < -0.39 is 6.10 Å². The van der Waals surface area contributed by atoms with Gasteiger partial charge in [0.15, 0.2) is 0 Å². The van der Waals surface area contributed by atoms with Crippen molar-refractivity contribution in [2.75, 3.05) is 7.11 Å². The molecule has 0 unspecified atom stereocenters. The van der Waals surface area contributed by atoms with Gasteiger partial charge in [-0.05, 0) is 28.8 Å². The summed E-state index contributed by atoms with van der Waals surface area (Å²) in [6.07, 6.45) is -0.656. The van der Waals surface area contributed by atoms with E-state index in [9.17, 15) is 5.11 Å². The lowest BCUT2D eigenvalue weighted by Gasteiger charge is -2.25. The van der Waals surface area contributed by atoms with Crippen LogP contribution in [0.5, 0.6) is 5.75 Å². The van der Waals surface area contributed by atoms with Gasteiger partial charge in [-0.25, -0.2) is 0 Å². The summed E-state index contributed by atoms with van der Waals surface area (Å²) < 4.78 is 5.20. The van der Waals surface area contributed by atoms with E-state index in [0.29, 0.717) is 6.54 Å². The van der Waals surface area contributed by atoms with Gasteiger partial charge in [0, 0.05) is 6.54 Å². The third-order valence-electron chi connectivity index (χ3n) is 4.30. The second kappa shape index (κ2) is 8.47. The standard InChI is InChI=1S/C22H23NO2/c1-25-20-14-12-19(13-15-20)22(24)21(18-10-6-3-7-11-18)23-16-17-8-4-2-5-9-17/h2-15,21-24H,16H2,1H3/t21-,22-/m1/s1. The summed E-state index contributed by atoms with van der Waals surface area (Å²) in [5, 5.41) is 14.5. The van der Waals surface area contributed by atoms with Crippen molar-refractivity contribution >= 4 is 0 Å². The zero-order chi connectivity index (χ0) is 17.5. The van der Waals surface area contributed by atoms with Crippen molar-refractivity contribution in [1.82, 2.24) is 5.32 Å². The number of benzene rings is 3. The monoisotopic (exact) mass is 333 g/mol. The van der Waals surface area contributed by atoms with Crippen LogP contribution < -0.4 is 10.1 Å². The number of hydrogen-bond acceptors (Lipinski definition) is 3. The zero-order valence-electron chi connectivity index (χ0n) is 14.3. The van der Waals surface area contributed by atoms with Gasteiger partial charge in [0.25, 0.3) is 0 Å². The van der Waals surface area contributed by atoms with E-state index in [1.54, 1.807) is 7.11 Å². The van der Waals surface area contributed by atoms with E-state index in [1.807, 2.05) is 72.8 Å². The van der Waals surface area contributed by atoms with Crippen molar-refractivity contribution in [3.63, 3.8) is 0 Å². The van der Waals surface area contributed by atoms with Gasteiger partial charge in [-0.15, -0.1) is 0 Å². The summed E-state index contributed by atoms with van der Waals surface area (Å²) >= 11 is 0. The van der Waals surface area contributed by atoms with Crippen molar-refractivity contribution in [3.8, 4) is 5.75 Å². The minimum Gasteiger partial charge on any atom is -0.497 e. The van der Waals surface area contributed by atoms with E-state index >= 15 is 0 Å². The molecule has 0 aliphatic heterocycles. The fraction of sp³-hybridized carbons (Fsp3) is 0.182.